The van der Waals surface area contributed by atoms with Gasteiger partial charge in [-0.2, -0.15) is 0 Å². The van der Waals surface area contributed by atoms with Crippen LogP contribution in [0.15, 0.2) is 24.3 Å². The molecule has 0 aromatic carbocycles. The fourth-order valence-electron chi connectivity index (χ4n) is 1.88. The second-order valence-electron chi connectivity index (χ2n) is 4.48. The Morgan fingerprint density at radius 2 is 1.56 bits per heavy atom. The van der Waals surface area contributed by atoms with E-state index in [0.29, 0.717) is 6.04 Å². The van der Waals surface area contributed by atoms with Crippen molar-refractivity contribution in [2.45, 2.75) is 46.2 Å². The molecule has 2 aromatic heterocycles. The summed E-state index contributed by atoms with van der Waals surface area (Å²) in [5.74, 6) is 0. The van der Waals surface area contributed by atoms with Crippen molar-refractivity contribution in [2.24, 2.45) is 0 Å². The SMILES string of the molecule is CCc1ccc(CNC(C)c2ccc(CC)s2)s1. The minimum atomic E-state index is 0.447. The van der Waals surface area contributed by atoms with E-state index in [-0.39, 0.29) is 0 Å². The van der Waals surface area contributed by atoms with Crippen molar-refractivity contribution in [2.75, 3.05) is 0 Å². The summed E-state index contributed by atoms with van der Waals surface area (Å²) in [5, 5.41) is 3.61. The van der Waals surface area contributed by atoms with Crippen LogP contribution in [0.5, 0.6) is 0 Å². The molecule has 18 heavy (non-hydrogen) atoms. The highest BCUT2D eigenvalue weighted by Crippen LogP contribution is 2.24. The number of nitrogens with one attached hydrogen (secondary N) is 1. The van der Waals surface area contributed by atoms with Gasteiger partial charge in [0, 0.05) is 32.1 Å². The third kappa shape index (κ3) is 3.44. The van der Waals surface area contributed by atoms with Crippen LogP contribution in [0, 0.1) is 0 Å². The van der Waals surface area contributed by atoms with Crippen LogP contribution in [0.2, 0.25) is 0 Å². The van der Waals surface area contributed by atoms with Gasteiger partial charge in [-0.15, -0.1) is 22.7 Å². The first-order valence-corrected chi connectivity index (χ1v) is 8.25. The lowest BCUT2D eigenvalue weighted by Crippen LogP contribution is -2.16. The molecule has 2 aromatic rings. The van der Waals surface area contributed by atoms with Gasteiger partial charge in [-0.25, -0.2) is 0 Å². The molecule has 2 rings (SSSR count). The van der Waals surface area contributed by atoms with Crippen molar-refractivity contribution in [1.82, 2.24) is 5.32 Å². The molecule has 0 bridgehead atoms. The van der Waals surface area contributed by atoms with E-state index in [0.717, 1.165) is 19.4 Å². The minimum Gasteiger partial charge on any atom is -0.305 e. The molecule has 1 atom stereocenters. The molecule has 0 aliphatic rings. The van der Waals surface area contributed by atoms with E-state index in [1.54, 1.807) is 0 Å². The van der Waals surface area contributed by atoms with Gasteiger partial charge in [0.2, 0.25) is 0 Å². The van der Waals surface area contributed by atoms with Crippen LogP contribution >= 0.6 is 22.7 Å². The first-order valence-electron chi connectivity index (χ1n) is 6.62. The van der Waals surface area contributed by atoms with E-state index in [1.807, 2.05) is 22.7 Å². The van der Waals surface area contributed by atoms with Crippen molar-refractivity contribution in [3.05, 3.63) is 43.8 Å². The van der Waals surface area contributed by atoms with Gasteiger partial charge in [0.25, 0.3) is 0 Å². The van der Waals surface area contributed by atoms with Gasteiger partial charge < -0.3 is 5.32 Å². The van der Waals surface area contributed by atoms with Crippen LogP contribution in [-0.4, -0.2) is 0 Å². The summed E-state index contributed by atoms with van der Waals surface area (Å²) < 4.78 is 0. The first kappa shape index (κ1) is 13.8. The number of rotatable bonds is 6. The number of hydrogen-bond acceptors (Lipinski definition) is 3. The summed E-state index contributed by atoms with van der Waals surface area (Å²) in [4.78, 5) is 5.83. The molecule has 3 heteroatoms. The standard InChI is InChI=1S/C15H21NS2/c1-4-12-6-7-14(17-12)10-16-11(3)15-9-8-13(5-2)18-15/h6-9,11,16H,4-5,10H2,1-3H3. The molecule has 1 unspecified atom stereocenters. The van der Waals surface area contributed by atoms with Crippen LogP contribution < -0.4 is 5.32 Å². The zero-order chi connectivity index (χ0) is 13.0. The summed E-state index contributed by atoms with van der Waals surface area (Å²) in [5.41, 5.74) is 0. The Hall–Kier alpha value is -0.640. The summed E-state index contributed by atoms with van der Waals surface area (Å²) in [7, 11) is 0. The van der Waals surface area contributed by atoms with E-state index in [9.17, 15) is 0 Å². The number of aryl methyl sites for hydroxylation is 2. The van der Waals surface area contributed by atoms with Crippen molar-refractivity contribution >= 4 is 22.7 Å². The highest BCUT2D eigenvalue weighted by Gasteiger charge is 2.08. The fraction of sp³-hybridized carbons (Fsp3) is 0.467. The lowest BCUT2D eigenvalue weighted by atomic mass is 10.2. The molecule has 0 saturated heterocycles. The highest BCUT2D eigenvalue weighted by atomic mass is 32.1. The van der Waals surface area contributed by atoms with E-state index in [1.165, 1.54) is 19.5 Å². The molecule has 0 aliphatic carbocycles. The summed E-state index contributed by atoms with van der Waals surface area (Å²) >= 11 is 3.85. The molecule has 2 heterocycles. The topological polar surface area (TPSA) is 12.0 Å². The molecule has 0 fully saturated rings. The molecule has 0 radical (unpaired) electrons. The maximum absolute atomic E-state index is 3.61. The smallest absolute Gasteiger partial charge is 0.0389 e. The van der Waals surface area contributed by atoms with Crippen LogP contribution in [-0.2, 0) is 19.4 Å². The predicted octanol–water partition coefficient (Wildman–Crippen LogP) is 4.79. The zero-order valence-electron chi connectivity index (χ0n) is 11.3. The lowest BCUT2D eigenvalue weighted by molar-refractivity contribution is 0.587. The van der Waals surface area contributed by atoms with Crippen molar-refractivity contribution < 1.29 is 0 Å². The second-order valence-corrected chi connectivity index (χ2v) is 6.93. The van der Waals surface area contributed by atoms with Crippen molar-refractivity contribution in [3.8, 4) is 0 Å². The molecule has 0 amide bonds. The molecule has 1 N–H and O–H groups in total. The largest absolute Gasteiger partial charge is 0.305 e. The van der Waals surface area contributed by atoms with Gasteiger partial charge >= 0.3 is 0 Å². The molecule has 0 aliphatic heterocycles. The summed E-state index contributed by atoms with van der Waals surface area (Å²) in [6.45, 7) is 7.65. The van der Waals surface area contributed by atoms with Crippen LogP contribution in [0.1, 0.15) is 46.3 Å². The van der Waals surface area contributed by atoms with Gasteiger partial charge in [0.15, 0.2) is 0 Å². The third-order valence-electron chi connectivity index (χ3n) is 3.11. The Morgan fingerprint density at radius 1 is 0.944 bits per heavy atom. The molecule has 98 valence electrons. The quantitative estimate of drug-likeness (QED) is 0.802. The number of hydrogen-bond donors (Lipinski definition) is 1. The van der Waals surface area contributed by atoms with Crippen LogP contribution in [0.25, 0.3) is 0 Å². The molecule has 0 saturated carbocycles. The van der Waals surface area contributed by atoms with Crippen LogP contribution in [0.3, 0.4) is 0 Å². The Morgan fingerprint density at radius 3 is 2.17 bits per heavy atom. The normalized spacial score (nSPS) is 12.8. The summed E-state index contributed by atoms with van der Waals surface area (Å²) in [6.07, 6.45) is 2.28. The monoisotopic (exact) mass is 279 g/mol. The maximum Gasteiger partial charge on any atom is 0.0389 e. The summed E-state index contributed by atoms with van der Waals surface area (Å²) in [6, 6.07) is 9.44. The predicted molar refractivity (Wildman–Crippen MR) is 82.6 cm³/mol. The van der Waals surface area contributed by atoms with Gasteiger partial charge in [0.05, 0.1) is 0 Å². The van der Waals surface area contributed by atoms with Crippen molar-refractivity contribution in [1.29, 1.82) is 0 Å². The first-order chi connectivity index (χ1) is 8.72. The second kappa shape index (κ2) is 6.50. The van der Waals surface area contributed by atoms with Gasteiger partial charge in [-0.05, 0) is 44.0 Å². The van der Waals surface area contributed by atoms with E-state index >= 15 is 0 Å². The van der Waals surface area contributed by atoms with Gasteiger partial charge in [-0.1, -0.05) is 13.8 Å². The average Bonchev–Trinajstić information content (AvgIpc) is 3.04. The third-order valence-corrected chi connectivity index (χ3v) is 5.75. The minimum absolute atomic E-state index is 0.447. The van der Waals surface area contributed by atoms with Gasteiger partial charge in [-0.3, -0.25) is 0 Å². The average molecular weight is 279 g/mol. The molecule has 0 spiro atoms. The Bertz CT molecular complexity index is 484. The van der Waals surface area contributed by atoms with E-state index < -0.39 is 0 Å². The fourth-order valence-corrected chi connectivity index (χ4v) is 3.77. The zero-order valence-corrected chi connectivity index (χ0v) is 13.0. The Balaban J connectivity index is 1.89. The highest BCUT2D eigenvalue weighted by molar-refractivity contribution is 7.12. The lowest BCUT2D eigenvalue weighted by Gasteiger charge is -2.10. The van der Waals surface area contributed by atoms with Gasteiger partial charge in [0.1, 0.15) is 0 Å². The molecule has 1 nitrogen and oxygen atoms in total. The van der Waals surface area contributed by atoms with Crippen molar-refractivity contribution in [3.63, 3.8) is 0 Å². The molecular weight excluding hydrogens is 258 g/mol. The Kier molecular flexibility index (Phi) is 4.98. The number of thiophene rings is 2. The molecular formula is C15H21NS2. The van der Waals surface area contributed by atoms with E-state index in [2.05, 4.69) is 50.4 Å². The van der Waals surface area contributed by atoms with E-state index in [4.69, 9.17) is 0 Å². The maximum atomic E-state index is 3.61. The Labute approximate surface area is 118 Å². The van der Waals surface area contributed by atoms with Crippen LogP contribution in [0.4, 0.5) is 0 Å².